The lowest BCUT2D eigenvalue weighted by Crippen LogP contribution is -2.40. The van der Waals surface area contributed by atoms with Crippen LogP contribution >= 0.6 is 0 Å². The number of ether oxygens (including phenoxy) is 4. The summed E-state index contributed by atoms with van der Waals surface area (Å²) in [5.74, 6) is -2.04. The fourth-order valence-corrected chi connectivity index (χ4v) is 9.41. The van der Waals surface area contributed by atoms with E-state index in [1.807, 2.05) is 21.1 Å². The molecule has 9 nitrogen and oxygen atoms in total. The summed E-state index contributed by atoms with van der Waals surface area (Å²) in [5.41, 5.74) is 0. The SMILES string of the molecule is CC/C=C\C/C=C\C/C=C\C/C=C\C/C=C\C/C=C\C/C=C\C/C=C\C/C=C\CCCCCCCC(=O)OC(COC(=O)CCCCCCCCCCCCCCCCCCCC/C=C\C/C=C\C/C=C\C/C=C\CC)COC(OCC[N+](C)(C)C)C(=O)O. The van der Waals surface area contributed by atoms with Gasteiger partial charge in [-0.15, -0.1) is 0 Å². The average Bonchev–Trinajstić information content (AvgIpc) is 3.64. The van der Waals surface area contributed by atoms with Gasteiger partial charge >= 0.3 is 17.9 Å². The van der Waals surface area contributed by atoms with Gasteiger partial charge in [0.2, 0.25) is 0 Å². The van der Waals surface area contributed by atoms with Crippen molar-refractivity contribution in [1.29, 1.82) is 0 Å². The largest absolute Gasteiger partial charge is 0.477 e. The molecule has 1 N–H and O–H groups in total. The van der Waals surface area contributed by atoms with Crippen molar-refractivity contribution in [2.24, 2.45) is 0 Å². The molecule has 0 bridgehead atoms. The Hall–Kier alpha value is -5.09. The molecule has 0 saturated carbocycles. The molecule has 0 radical (unpaired) electrons. The van der Waals surface area contributed by atoms with Gasteiger partial charge in [-0.05, 0) is 122 Å². The van der Waals surface area contributed by atoms with E-state index in [1.54, 1.807) is 0 Å². The number of carbonyl (C=O) groups is 3. The molecule has 0 rings (SSSR count). The molecular weight excluding hydrogens is 1100 g/mol. The molecule has 89 heavy (non-hydrogen) atoms. The molecular formula is C80H132NO8+. The topological polar surface area (TPSA) is 108 Å². The van der Waals surface area contributed by atoms with Crippen LogP contribution in [0.5, 0.6) is 0 Å². The monoisotopic (exact) mass is 1230 g/mol. The van der Waals surface area contributed by atoms with E-state index in [4.69, 9.17) is 18.9 Å². The lowest BCUT2D eigenvalue weighted by Gasteiger charge is -2.25. The maximum absolute atomic E-state index is 12.9. The zero-order valence-electron chi connectivity index (χ0n) is 57.5. The number of hydrogen-bond donors (Lipinski definition) is 1. The quantitative estimate of drug-likeness (QED) is 0.0211. The standard InChI is InChI=1S/C80H131NO8/c1-6-8-10-12-14-16-18-20-22-24-26-28-30-32-34-36-38-39-41-43-45-47-49-51-53-55-57-59-61-63-65-67-69-71-78(83)89-76(75-88-80(79(84)85)86-73-72-81(3,4)5)74-87-77(82)70-68-66-64-62-60-58-56-54-52-50-48-46-44-42-40-37-35-33-31-29-27-25-23-21-19-17-15-13-11-9-7-2/h8-11,14-17,20-23,26-29,32,34,38-39,43,45,49,51,55,57,76,80H,6-7,12-13,18-19,24-25,30-31,33,35-37,40-42,44,46-48,50,52-54,56,58-75H2,1-5H3/p+1/b10-8-,11-9-,16-14-,17-15-,22-20-,23-21-,28-26-,29-27-,34-32-,39-38-,45-43-,51-49-,57-55-. The molecule has 0 amide bonds. The summed E-state index contributed by atoms with van der Waals surface area (Å²) in [4.78, 5) is 37.7. The van der Waals surface area contributed by atoms with Gasteiger partial charge in [-0.3, -0.25) is 9.59 Å². The Labute approximate surface area is 546 Å². The lowest BCUT2D eigenvalue weighted by molar-refractivity contribution is -0.870. The molecule has 0 fully saturated rings. The maximum atomic E-state index is 12.9. The van der Waals surface area contributed by atoms with Crippen LogP contribution in [0.1, 0.15) is 271 Å². The maximum Gasteiger partial charge on any atom is 0.361 e. The molecule has 0 aromatic carbocycles. The fourth-order valence-electron chi connectivity index (χ4n) is 9.41. The molecule has 2 atom stereocenters. The molecule has 0 saturated heterocycles. The summed E-state index contributed by atoms with van der Waals surface area (Å²) in [5, 5.41) is 9.75. The molecule has 0 aromatic heterocycles. The molecule has 0 heterocycles. The van der Waals surface area contributed by atoms with E-state index in [0.29, 0.717) is 23.9 Å². The third-order valence-corrected chi connectivity index (χ3v) is 14.8. The minimum Gasteiger partial charge on any atom is -0.477 e. The highest BCUT2D eigenvalue weighted by Crippen LogP contribution is 2.17. The van der Waals surface area contributed by atoms with Gasteiger partial charge in [-0.1, -0.05) is 294 Å². The van der Waals surface area contributed by atoms with E-state index in [2.05, 4.69) is 172 Å². The summed E-state index contributed by atoms with van der Waals surface area (Å²) in [6, 6.07) is 0. The number of rotatable bonds is 64. The number of esters is 2. The van der Waals surface area contributed by atoms with Gasteiger partial charge in [-0.25, -0.2) is 4.79 Å². The Morgan fingerprint density at radius 1 is 0.337 bits per heavy atom. The zero-order valence-corrected chi connectivity index (χ0v) is 57.5. The Bertz CT molecular complexity index is 2020. The fraction of sp³-hybridized carbons (Fsp3) is 0.637. The summed E-state index contributed by atoms with van der Waals surface area (Å²) in [7, 11) is 5.96. The first-order valence-corrected chi connectivity index (χ1v) is 35.6. The third kappa shape index (κ3) is 70.2. The van der Waals surface area contributed by atoms with Crippen molar-refractivity contribution in [3.8, 4) is 0 Å². The van der Waals surface area contributed by atoms with Gasteiger partial charge in [0.25, 0.3) is 6.29 Å². The Morgan fingerprint density at radius 2 is 0.607 bits per heavy atom. The van der Waals surface area contributed by atoms with Crippen LogP contribution in [0.4, 0.5) is 0 Å². The number of unbranched alkanes of at least 4 members (excludes halogenated alkanes) is 23. The summed E-state index contributed by atoms with van der Waals surface area (Å²) < 4.78 is 23.0. The van der Waals surface area contributed by atoms with Gasteiger partial charge < -0.3 is 28.5 Å². The zero-order chi connectivity index (χ0) is 64.7. The van der Waals surface area contributed by atoms with Crippen LogP contribution in [0.25, 0.3) is 0 Å². The molecule has 0 spiro atoms. The summed E-state index contributed by atoms with van der Waals surface area (Å²) in [6.45, 7) is 4.63. The van der Waals surface area contributed by atoms with Crippen LogP contribution in [0.2, 0.25) is 0 Å². The number of nitrogens with zero attached hydrogens (tertiary/aromatic N) is 1. The number of carboxylic acids is 1. The second kappa shape index (κ2) is 68.8. The number of hydrogen-bond acceptors (Lipinski definition) is 7. The average molecular weight is 1240 g/mol. The molecule has 0 aromatic rings. The third-order valence-electron chi connectivity index (χ3n) is 14.8. The van der Waals surface area contributed by atoms with Crippen molar-refractivity contribution in [2.75, 3.05) is 47.5 Å². The Morgan fingerprint density at radius 3 is 0.899 bits per heavy atom. The Balaban J connectivity index is 4.19. The van der Waals surface area contributed by atoms with Crippen LogP contribution in [-0.4, -0.2) is 87.4 Å². The second-order valence-electron chi connectivity index (χ2n) is 24.4. The number of carboxylic acid groups (broad SMARTS) is 1. The van der Waals surface area contributed by atoms with Gasteiger partial charge in [0.1, 0.15) is 13.2 Å². The molecule has 504 valence electrons. The smallest absolute Gasteiger partial charge is 0.361 e. The summed E-state index contributed by atoms with van der Waals surface area (Å²) >= 11 is 0. The van der Waals surface area contributed by atoms with Gasteiger partial charge in [0, 0.05) is 12.8 Å². The van der Waals surface area contributed by atoms with E-state index >= 15 is 0 Å². The molecule has 0 aliphatic rings. The molecule has 0 aliphatic carbocycles. The minimum atomic E-state index is -1.53. The van der Waals surface area contributed by atoms with E-state index < -0.39 is 24.3 Å². The number of quaternary nitrogens is 1. The summed E-state index contributed by atoms with van der Waals surface area (Å²) in [6.07, 6.45) is 99.2. The van der Waals surface area contributed by atoms with Crippen molar-refractivity contribution < 1.29 is 42.9 Å². The van der Waals surface area contributed by atoms with Crippen LogP contribution in [0, 0.1) is 0 Å². The van der Waals surface area contributed by atoms with Gasteiger partial charge in [-0.2, -0.15) is 0 Å². The van der Waals surface area contributed by atoms with E-state index in [1.165, 1.54) is 103 Å². The van der Waals surface area contributed by atoms with Crippen LogP contribution in [-0.2, 0) is 33.3 Å². The molecule has 2 unspecified atom stereocenters. The van der Waals surface area contributed by atoms with E-state index in [-0.39, 0.29) is 32.2 Å². The number of carbonyl (C=O) groups excluding carboxylic acids is 2. The van der Waals surface area contributed by atoms with Crippen LogP contribution < -0.4 is 0 Å². The predicted molar refractivity (Wildman–Crippen MR) is 382 cm³/mol. The second-order valence-corrected chi connectivity index (χ2v) is 24.4. The first kappa shape index (κ1) is 83.9. The highest BCUT2D eigenvalue weighted by molar-refractivity contribution is 5.71. The number of likely N-dealkylation sites (N-methyl/N-ethyl adjacent to an activating group) is 1. The van der Waals surface area contributed by atoms with E-state index in [9.17, 15) is 19.5 Å². The van der Waals surface area contributed by atoms with Crippen molar-refractivity contribution >= 4 is 17.9 Å². The normalized spacial score (nSPS) is 13.7. The first-order valence-electron chi connectivity index (χ1n) is 35.6. The first-order chi connectivity index (χ1) is 43.6. The predicted octanol–water partition coefficient (Wildman–Crippen LogP) is 22.5. The van der Waals surface area contributed by atoms with E-state index in [0.717, 1.165) is 135 Å². The van der Waals surface area contributed by atoms with Crippen molar-refractivity contribution in [2.45, 2.75) is 283 Å². The van der Waals surface area contributed by atoms with Crippen molar-refractivity contribution in [3.63, 3.8) is 0 Å². The van der Waals surface area contributed by atoms with Crippen molar-refractivity contribution in [1.82, 2.24) is 0 Å². The Kier molecular flexibility index (Phi) is 64.9. The molecule has 9 heteroatoms. The number of aliphatic carboxylic acids is 1. The van der Waals surface area contributed by atoms with Crippen LogP contribution in [0.3, 0.4) is 0 Å². The van der Waals surface area contributed by atoms with Crippen molar-refractivity contribution in [3.05, 3.63) is 158 Å². The number of allylic oxidation sites excluding steroid dienone is 26. The highest BCUT2D eigenvalue weighted by Gasteiger charge is 2.25. The minimum absolute atomic E-state index is 0.176. The van der Waals surface area contributed by atoms with Gasteiger partial charge in [0.05, 0.1) is 34.4 Å². The lowest BCUT2D eigenvalue weighted by atomic mass is 10.0. The van der Waals surface area contributed by atoms with Gasteiger partial charge in [0.15, 0.2) is 6.10 Å². The highest BCUT2D eigenvalue weighted by atomic mass is 16.7. The van der Waals surface area contributed by atoms with Crippen LogP contribution in [0.15, 0.2) is 158 Å². The molecule has 0 aliphatic heterocycles.